The molecule has 1 aliphatic heterocycles. The van der Waals surface area contributed by atoms with Crippen LogP contribution in [-0.2, 0) is 0 Å². The van der Waals surface area contributed by atoms with Crippen molar-refractivity contribution in [2.24, 2.45) is 4.99 Å². The van der Waals surface area contributed by atoms with E-state index in [-0.39, 0.29) is 5.88 Å². The molecule has 0 aliphatic carbocycles. The predicted molar refractivity (Wildman–Crippen MR) is 98.2 cm³/mol. The average molecular weight is 372 g/mol. The van der Waals surface area contributed by atoms with Crippen LogP contribution in [0.3, 0.4) is 0 Å². The van der Waals surface area contributed by atoms with Gasteiger partial charge in [0.25, 0.3) is 6.20 Å². The van der Waals surface area contributed by atoms with Gasteiger partial charge in [-0.2, -0.15) is 5.01 Å². The Labute approximate surface area is 154 Å². The maximum Gasteiger partial charge on any atom is 0.324 e. The minimum atomic E-state index is -0.442. The first-order chi connectivity index (χ1) is 12.5. The van der Waals surface area contributed by atoms with E-state index in [9.17, 15) is 5.11 Å². The molecular formula is C17H20N6O2S. The van der Waals surface area contributed by atoms with Gasteiger partial charge in [0.2, 0.25) is 5.27 Å². The molecule has 4 rings (SSSR count). The Morgan fingerprint density at radius 1 is 1.35 bits per heavy atom. The minimum absolute atomic E-state index is 0.165. The fourth-order valence-electron chi connectivity index (χ4n) is 3.03. The van der Waals surface area contributed by atoms with Crippen LogP contribution in [0.5, 0.6) is 0 Å². The van der Waals surface area contributed by atoms with E-state index in [0.717, 1.165) is 47.4 Å². The van der Waals surface area contributed by atoms with Gasteiger partial charge < -0.3 is 10.8 Å². The highest BCUT2D eigenvalue weighted by atomic mass is 32.1. The van der Waals surface area contributed by atoms with E-state index >= 15 is 0 Å². The van der Waals surface area contributed by atoms with Gasteiger partial charge in [-0.3, -0.25) is 4.52 Å². The Morgan fingerprint density at radius 2 is 2.12 bits per heavy atom. The Morgan fingerprint density at radius 3 is 2.88 bits per heavy atom. The third-order valence-electron chi connectivity index (χ3n) is 4.64. The van der Waals surface area contributed by atoms with Crippen molar-refractivity contribution in [2.75, 3.05) is 23.8 Å². The Bertz CT molecular complexity index is 987. The molecule has 1 saturated heterocycles. The number of anilines is 1. The number of thiophene rings is 1. The third-order valence-corrected chi connectivity index (χ3v) is 5.74. The number of nitrogens with zero attached hydrogens (tertiary/aromatic N) is 5. The molecule has 0 spiro atoms. The Balaban J connectivity index is 1.65. The highest BCUT2D eigenvalue weighted by Crippen LogP contribution is 2.33. The third kappa shape index (κ3) is 2.98. The fraction of sp³-hybridized carbons (Fsp3) is 0.412. The van der Waals surface area contributed by atoms with Crippen molar-refractivity contribution in [3.63, 3.8) is 0 Å². The number of aromatic nitrogens is 3. The first-order valence-electron chi connectivity index (χ1n) is 8.59. The van der Waals surface area contributed by atoms with Gasteiger partial charge in [-0.1, -0.05) is 0 Å². The first kappa shape index (κ1) is 16.8. The maximum atomic E-state index is 12.6. The molecule has 2 N–H and O–H groups in total. The highest BCUT2D eigenvalue weighted by molar-refractivity contribution is 7.21. The lowest BCUT2D eigenvalue weighted by Gasteiger charge is -2.17. The van der Waals surface area contributed by atoms with Gasteiger partial charge in [0.1, 0.15) is 4.83 Å². The van der Waals surface area contributed by atoms with Crippen molar-refractivity contribution in [1.29, 1.82) is 0 Å². The van der Waals surface area contributed by atoms with Crippen LogP contribution >= 0.6 is 11.3 Å². The first-order valence-corrected chi connectivity index (χ1v) is 9.41. The van der Waals surface area contributed by atoms with Crippen LogP contribution in [0.2, 0.25) is 0 Å². The summed E-state index contributed by atoms with van der Waals surface area (Å²) < 4.78 is 5.19. The molecule has 0 amide bonds. The molecule has 0 saturated carbocycles. The lowest BCUT2D eigenvalue weighted by molar-refractivity contribution is -0.759. The van der Waals surface area contributed by atoms with Gasteiger partial charge in [0.15, 0.2) is 0 Å². The Hall–Kier alpha value is -2.68. The molecule has 0 bridgehead atoms. The van der Waals surface area contributed by atoms with Crippen LogP contribution in [0.1, 0.15) is 35.4 Å². The molecule has 3 aromatic rings. The zero-order chi connectivity index (χ0) is 18.3. The van der Waals surface area contributed by atoms with E-state index in [1.807, 2.05) is 19.9 Å². The zero-order valence-corrected chi connectivity index (χ0v) is 15.5. The number of nitrogen functional groups attached to an aromatic ring is 1. The lowest BCUT2D eigenvalue weighted by atomic mass is 10.2. The van der Waals surface area contributed by atoms with Crippen LogP contribution in [0.15, 0.2) is 21.8 Å². The fourth-order valence-corrected chi connectivity index (χ4v) is 4.04. The van der Waals surface area contributed by atoms with Gasteiger partial charge >= 0.3 is 5.88 Å². The van der Waals surface area contributed by atoms with E-state index in [4.69, 9.17) is 10.3 Å². The second kappa shape index (κ2) is 6.56. The van der Waals surface area contributed by atoms with Gasteiger partial charge in [-0.05, 0) is 44.7 Å². The second-order valence-corrected chi connectivity index (χ2v) is 7.48. The van der Waals surface area contributed by atoms with Crippen LogP contribution < -0.4 is 20.6 Å². The molecule has 4 heterocycles. The molecule has 26 heavy (non-hydrogen) atoms. The molecule has 1 fully saturated rings. The summed E-state index contributed by atoms with van der Waals surface area (Å²) in [4.78, 5) is 11.3. The summed E-state index contributed by atoms with van der Waals surface area (Å²) in [5.74, 6) is -0.277. The molecular weight excluding hydrogens is 352 g/mol. The van der Waals surface area contributed by atoms with Crippen LogP contribution in [0.4, 0.5) is 11.6 Å². The van der Waals surface area contributed by atoms with Gasteiger partial charge in [-0.15, -0.1) is 11.3 Å². The summed E-state index contributed by atoms with van der Waals surface area (Å²) in [7, 11) is 0. The van der Waals surface area contributed by atoms with Crippen molar-refractivity contribution in [3.8, 4) is 0 Å². The summed E-state index contributed by atoms with van der Waals surface area (Å²) in [5, 5.41) is 19.4. The number of piperidine rings is 1. The standard InChI is InChI=1S/C17H20N6O2S/c1-10-8-12-14(18)15(26-17(12)19-11(10)2)16(24)20-13-9-23(21-25-13)22-6-4-3-5-7-22/h8-9H,3-7H2,1-2H3,(H2-,18,20,21,24). The number of hydrogen-bond acceptors (Lipinski definition) is 8. The van der Waals surface area contributed by atoms with Crippen molar-refractivity contribution in [2.45, 2.75) is 33.1 Å². The predicted octanol–water partition coefficient (Wildman–Crippen LogP) is 1.33. The van der Waals surface area contributed by atoms with Crippen molar-refractivity contribution >= 4 is 39.0 Å². The van der Waals surface area contributed by atoms with Crippen LogP contribution in [-0.4, -0.2) is 29.2 Å². The summed E-state index contributed by atoms with van der Waals surface area (Å²) in [5.41, 5.74) is 8.54. The summed E-state index contributed by atoms with van der Waals surface area (Å²) in [6.07, 6.45) is 5.09. The van der Waals surface area contributed by atoms with Gasteiger partial charge in [0, 0.05) is 17.0 Å². The number of pyridine rings is 1. The molecule has 3 aromatic heterocycles. The van der Waals surface area contributed by atoms with Crippen molar-refractivity contribution < 1.29 is 14.4 Å². The minimum Gasteiger partial charge on any atom is -0.857 e. The maximum absolute atomic E-state index is 12.6. The van der Waals surface area contributed by atoms with Crippen LogP contribution in [0.25, 0.3) is 10.2 Å². The number of aliphatic imine (C=N–C) groups is 1. The average Bonchev–Trinajstić information content (AvgIpc) is 3.22. The number of aryl methyl sites for hydroxylation is 2. The van der Waals surface area contributed by atoms with Crippen molar-refractivity contribution in [3.05, 3.63) is 28.4 Å². The van der Waals surface area contributed by atoms with Crippen LogP contribution in [0, 0.1) is 13.8 Å². The number of rotatable bonds is 3. The van der Waals surface area contributed by atoms with E-state index in [1.54, 1.807) is 11.0 Å². The Kier molecular flexibility index (Phi) is 4.23. The van der Waals surface area contributed by atoms with Crippen molar-refractivity contribution in [1.82, 2.24) is 10.3 Å². The second-order valence-electron chi connectivity index (χ2n) is 6.48. The molecule has 136 valence electrons. The molecule has 0 atom stereocenters. The lowest BCUT2D eigenvalue weighted by Crippen LogP contribution is -2.60. The molecule has 0 unspecified atom stereocenters. The van der Waals surface area contributed by atoms with Gasteiger partial charge in [0.05, 0.1) is 28.4 Å². The normalized spacial score (nSPS) is 15.8. The SMILES string of the molecule is Cc1cc2c(N)c(/C([O-])=N/c3c[n+](N4CCCCC4)no3)sc2nc1C. The number of nitrogens with two attached hydrogens (primary N) is 1. The number of fused-ring (bicyclic) bond motifs is 1. The van der Waals surface area contributed by atoms with E-state index < -0.39 is 5.90 Å². The van der Waals surface area contributed by atoms with Gasteiger partial charge in [-0.25, -0.2) is 9.98 Å². The molecule has 0 aromatic carbocycles. The largest absolute Gasteiger partial charge is 0.857 e. The molecule has 1 aliphatic rings. The summed E-state index contributed by atoms with van der Waals surface area (Å²) in [6, 6.07) is 1.96. The molecule has 0 radical (unpaired) electrons. The summed E-state index contributed by atoms with van der Waals surface area (Å²) in [6.45, 7) is 5.74. The van der Waals surface area contributed by atoms with E-state index in [0.29, 0.717) is 10.6 Å². The summed E-state index contributed by atoms with van der Waals surface area (Å²) >= 11 is 1.25. The number of hydrogen-bond donors (Lipinski definition) is 1. The molecule has 8 nitrogen and oxygen atoms in total. The monoisotopic (exact) mass is 372 g/mol. The zero-order valence-electron chi connectivity index (χ0n) is 14.7. The quantitative estimate of drug-likeness (QED) is 0.422. The smallest absolute Gasteiger partial charge is 0.324 e. The highest BCUT2D eigenvalue weighted by Gasteiger charge is 2.22. The van der Waals surface area contributed by atoms with E-state index in [1.165, 1.54) is 17.8 Å². The topological polar surface area (TPSA) is 107 Å². The molecule has 9 heteroatoms. The van der Waals surface area contributed by atoms with E-state index in [2.05, 4.69) is 20.3 Å².